The summed E-state index contributed by atoms with van der Waals surface area (Å²) in [6, 6.07) is 1.63. The predicted octanol–water partition coefficient (Wildman–Crippen LogP) is 3.95. The van der Waals surface area contributed by atoms with Crippen molar-refractivity contribution in [2.24, 2.45) is 5.92 Å². The summed E-state index contributed by atoms with van der Waals surface area (Å²) < 4.78 is 5.64. The summed E-state index contributed by atoms with van der Waals surface area (Å²) in [6.45, 7) is 6.75. The normalized spacial score (nSPS) is 13.2. The summed E-state index contributed by atoms with van der Waals surface area (Å²) in [6.07, 6.45) is 1.86. The molecule has 0 saturated carbocycles. The lowest BCUT2D eigenvalue weighted by molar-refractivity contribution is 0.0234. The fourth-order valence-electron chi connectivity index (χ4n) is 0.956. The van der Waals surface area contributed by atoms with E-state index >= 15 is 0 Å². The smallest absolute Gasteiger partial charge is 0.130 e. The summed E-state index contributed by atoms with van der Waals surface area (Å²) in [5.74, 6) is 0.490. The molecule has 2 nitrogen and oxygen atoms in total. The fourth-order valence-corrected chi connectivity index (χ4v) is 1.38. The first-order valence-electron chi connectivity index (χ1n) is 4.92. The van der Waals surface area contributed by atoms with Crippen LogP contribution in [0, 0.1) is 5.92 Å². The van der Waals surface area contributed by atoms with Crippen LogP contribution in [0.1, 0.15) is 26.3 Å². The second kappa shape index (κ2) is 5.69. The lowest BCUT2D eigenvalue weighted by atomic mass is 10.1. The molecule has 0 aromatic carbocycles. The van der Waals surface area contributed by atoms with Crippen LogP contribution in [-0.4, -0.2) is 11.1 Å². The first-order valence-corrected chi connectivity index (χ1v) is 5.68. The number of hydrogen-bond acceptors (Lipinski definition) is 2. The number of pyridine rings is 1. The van der Waals surface area contributed by atoms with E-state index in [1.54, 1.807) is 12.3 Å². The van der Waals surface area contributed by atoms with Gasteiger partial charge in [-0.15, -0.1) is 0 Å². The van der Waals surface area contributed by atoms with E-state index in [1.165, 1.54) is 0 Å². The molecule has 0 aliphatic heterocycles. The molecule has 0 saturated heterocycles. The van der Waals surface area contributed by atoms with Crippen LogP contribution in [0.15, 0.2) is 12.3 Å². The third-order valence-electron chi connectivity index (χ3n) is 2.34. The molecular weight excluding hydrogens is 233 g/mol. The van der Waals surface area contributed by atoms with E-state index in [4.69, 9.17) is 27.9 Å². The Balaban J connectivity index is 2.58. The van der Waals surface area contributed by atoms with Gasteiger partial charge in [-0.2, -0.15) is 0 Å². The maximum absolute atomic E-state index is 5.99. The Hall–Kier alpha value is -0.310. The first kappa shape index (κ1) is 12.8. The zero-order valence-corrected chi connectivity index (χ0v) is 10.6. The van der Waals surface area contributed by atoms with Gasteiger partial charge in [-0.1, -0.05) is 37.0 Å². The van der Waals surface area contributed by atoms with Crippen LogP contribution >= 0.6 is 23.2 Å². The Kier molecular flexibility index (Phi) is 4.84. The third kappa shape index (κ3) is 3.98. The molecule has 84 valence electrons. The summed E-state index contributed by atoms with van der Waals surface area (Å²) in [5, 5.41) is 1.01. The number of nitrogens with zero attached hydrogens (tertiary/aromatic N) is 1. The Labute approximate surface area is 101 Å². The quantitative estimate of drug-likeness (QED) is 0.752. The molecule has 1 heterocycles. The largest absolute Gasteiger partial charge is 0.373 e. The minimum Gasteiger partial charge on any atom is -0.373 e. The highest BCUT2D eigenvalue weighted by molar-refractivity contribution is 6.34. The highest BCUT2D eigenvalue weighted by Gasteiger charge is 2.09. The lowest BCUT2D eigenvalue weighted by Crippen LogP contribution is -2.15. The lowest BCUT2D eigenvalue weighted by Gasteiger charge is -2.16. The van der Waals surface area contributed by atoms with Gasteiger partial charge in [-0.25, -0.2) is 4.98 Å². The van der Waals surface area contributed by atoms with E-state index in [2.05, 4.69) is 18.8 Å². The van der Waals surface area contributed by atoms with Crippen molar-refractivity contribution in [3.63, 3.8) is 0 Å². The molecule has 1 unspecified atom stereocenters. The zero-order chi connectivity index (χ0) is 11.4. The number of hydrogen-bond donors (Lipinski definition) is 0. The molecule has 15 heavy (non-hydrogen) atoms. The summed E-state index contributed by atoms with van der Waals surface area (Å²) in [5.41, 5.74) is 0.869. The summed E-state index contributed by atoms with van der Waals surface area (Å²) in [4.78, 5) is 3.96. The standard InChI is InChI=1S/C11H15Cl2NO/c1-7(2)8(3)15-6-9-5-14-11(13)4-10(9)12/h4-5,7-8H,6H2,1-3H3. The Bertz CT molecular complexity index is 328. The van der Waals surface area contributed by atoms with Gasteiger partial charge in [-0.3, -0.25) is 0 Å². The minimum atomic E-state index is 0.205. The van der Waals surface area contributed by atoms with Gasteiger partial charge in [0.2, 0.25) is 0 Å². The van der Waals surface area contributed by atoms with E-state index in [1.807, 2.05) is 6.92 Å². The van der Waals surface area contributed by atoms with Gasteiger partial charge in [0, 0.05) is 11.8 Å². The Morgan fingerprint density at radius 1 is 1.33 bits per heavy atom. The van der Waals surface area contributed by atoms with Crippen molar-refractivity contribution >= 4 is 23.2 Å². The second-order valence-corrected chi connectivity index (χ2v) is 4.65. The van der Waals surface area contributed by atoms with Gasteiger partial charge in [0.25, 0.3) is 0 Å². The van der Waals surface area contributed by atoms with E-state index in [0.29, 0.717) is 22.7 Å². The van der Waals surface area contributed by atoms with Crippen LogP contribution in [0.5, 0.6) is 0 Å². The van der Waals surface area contributed by atoms with Crippen molar-refractivity contribution in [1.82, 2.24) is 4.98 Å². The van der Waals surface area contributed by atoms with Gasteiger partial charge >= 0.3 is 0 Å². The van der Waals surface area contributed by atoms with Gasteiger partial charge in [0.15, 0.2) is 0 Å². The number of halogens is 2. The van der Waals surface area contributed by atoms with Crippen LogP contribution in [0.2, 0.25) is 10.2 Å². The molecule has 0 aliphatic rings. The van der Waals surface area contributed by atoms with Crippen LogP contribution in [-0.2, 0) is 11.3 Å². The molecule has 0 radical (unpaired) electrons. The van der Waals surface area contributed by atoms with E-state index in [9.17, 15) is 0 Å². The number of aromatic nitrogens is 1. The number of ether oxygens (including phenoxy) is 1. The van der Waals surface area contributed by atoms with Crippen molar-refractivity contribution in [1.29, 1.82) is 0 Å². The SMILES string of the molecule is CC(C)C(C)OCc1cnc(Cl)cc1Cl. The average molecular weight is 248 g/mol. The topological polar surface area (TPSA) is 22.1 Å². The maximum atomic E-state index is 5.99. The fraction of sp³-hybridized carbons (Fsp3) is 0.545. The van der Waals surface area contributed by atoms with Crippen molar-refractivity contribution < 1.29 is 4.74 Å². The maximum Gasteiger partial charge on any atom is 0.130 e. The molecule has 0 amide bonds. The first-order chi connectivity index (χ1) is 7.00. The van der Waals surface area contributed by atoms with Crippen LogP contribution in [0.3, 0.4) is 0 Å². The zero-order valence-electron chi connectivity index (χ0n) is 9.13. The molecule has 0 aliphatic carbocycles. The van der Waals surface area contributed by atoms with Crippen LogP contribution in [0.4, 0.5) is 0 Å². The summed E-state index contributed by atoms with van der Waals surface area (Å²) >= 11 is 11.7. The number of rotatable bonds is 4. The Morgan fingerprint density at radius 2 is 2.00 bits per heavy atom. The van der Waals surface area contributed by atoms with E-state index in [0.717, 1.165) is 5.56 Å². The highest BCUT2D eigenvalue weighted by atomic mass is 35.5. The van der Waals surface area contributed by atoms with E-state index < -0.39 is 0 Å². The third-order valence-corrected chi connectivity index (χ3v) is 2.90. The molecular formula is C11H15Cl2NO. The van der Waals surface area contributed by atoms with Crippen LogP contribution in [0.25, 0.3) is 0 Å². The average Bonchev–Trinajstić information content (AvgIpc) is 2.15. The molecule has 1 atom stereocenters. The van der Waals surface area contributed by atoms with Gasteiger partial charge < -0.3 is 4.74 Å². The molecule has 0 N–H and O–H groups in total. The van der Waals surface area contributed by atoms with Crippen molar-refractivity contribution in [3.05, 3.63) is 28.0 Å². The monoisotopic (exact) mass is 247 g/mol. The molecule has 1 aromatic rings. The molecule has 1 aromatic heterocycles. The van der Waals surface area contributed by atoms with Crippen molar-refractivity contribution in [2.75, 3.05) is 0 Å². The summed E-state index contributed by atoms with van der Waals surface area (Å²) in [7, 11) is 0. The van der Waals surface area contributed by atoms with Crippen LogP contribution < -0.4 is 0 Å². The minimum absolute atomic E-state index is 0.205. The molecule has 0 bridgehead atoms. The van der Waals surface area contributed by atoms with Crippen molar-refractivity contribution in [3.8, 4) is 0 Å². The highest BCUT2D eigenvalue weighted by Crippen LogP contribution is 2.20. The van der Waals surface area contributed by atoms with E-state index in [-0.39, 0.29) is 6.10 Å². The molecule has 0 fully saturated rings. The van der Waals surface area contributed by atoms with Gasteiger partial charge in [0.1, 0.15) is 5.15 Å². The molecule has 4 heteroatoms. The van der Waals surface area contributed by atoms with Gasteiger partial charge in [0.05, 0.1) is 17.7 Å². The molecule has 0 spiro atoms. The second-order valence-electron chi connectivity index (χ2n) is 3.86. The predicted molar refractivity (Wildman–Crippen MR) is 63.3 cm³/mol. The van der Waals surface area contributed by atoms with Gasteiger partial charge in [-0.05, 0) is 18.9 Å². The van der Waals surface area contributed by atoms with Crippen molar-refractivity contribution in [2.45, 2.75) is 33.5 Å². The molecule has 1 rings (SSSR count). The Morgan fingerprint density at radius 3 is 2.53 bits per heavy atom.